The van der Waals surface area contributed by atoms with Gasteiger partial charge in [0.2, 0.25) is 5.91 Å². The van der Waals surface area contributed by atoms with Gasteiger partial charge in [0.25, 0.3) is 0 Å². The molecule has 3 N–H and O–H groups in total. The van der Waals surface area contributed by atoms with Gasteiger partial charge in [-0.25, -0.2) is 9.97 Å². The number of hydrogen-bond donors (Lipinski definition) is 3. The number of rotatable bonds is 6. The number of carbonyl (C=O) groups is 1. The van der Waals surface area contributed by atoms with Gasteiger partial charge in [0.1, 0.15) is 11.6 Å². The summed E-state index contributed by atoms with van der Waals surface area (Å²) in [7, 11) is 0. The van der Waals surface area contributed by atoms with Gasteiger partial charge in [-0.15, -0.1) is 0 Å². The van der Waals surface area contributed by atoms with E-state index in [1.54, 1.807) is 18.5 Å². The van der Waals surface area contributed by atoms with E-state index in [1.807, 2.05) is 13.8 Å². The van der Waals surface area contributed by atoms with E-state index in [2.05, 4.69) is 30.9 Å². The highest BCUT2D eigenvalue weighted by molar-refractivity contribution is 6.33. The standard InChI is InChI=1S/C22H29ClN6O3/c1-22(2)13-31-12-15(32-22)8-26-20-11-25-10-18(28-20)16-6-19(27-9-17(16)23)29-21(30)14-4-3-5-24-7-14/h6,9-11,14-15,24H,3-5,7-8,12-13H2,1-2H3,(H,26,28)(H,27,29,30)/t14-,15+/m1/s1. The Morgan fingerprint density at radius 2 is 2.19 bits per heavy atom. The molecule has 2 atom stereocenters. The minimum atomic E-state index is -0.308. The van der Waals surface area contributed by atoms with E-state index < -0.39 is 0 Å². The smallest absolute Gasteiger partial charge is 0.229 e. The molecule has 1 amide bonds. The van der Waals surface area contributed by atoms with Crippen molar-refractivity contribution in [2.45, 2.75) is 38.4 Å². The third-order valence-corrected chi connectivity index (χ3v) is 5.74. The molecule has 2 aromatic heterocycles. The molecule has 0 aromatic carbocycles. The van der Waals surface area contributed by atoms with E-state index in [4.69, 9.17) is 21.1 Å². The monoisotopic (exact) mass is 460 g/mol. The SMILES string of the molecule is CC1(C)COC[C@H](CNc2cncc(-c3cc(NC(=O)[C@@H]4CCCNC4)ncc3Cl)n2)O1. The molecule has 9 nitrogen and oxygen atoms in total. The molecule has 4 rings (SSSR count). The van der Waals surface area contributed by atoms with Crippen molar-refractivity contribution in [1.82, 2.24) is 20.3 Å². The summed E-state index contributed by atoms with van der Waals surface area (Å²) in [5.74, 6) is 0.932. The van der Waals surface area contributed by atoms with Crippen molar-refractivity contribution in [1.29, 1.82) is 0 Å². The van der Waals surface area contributed by atoms with Crippen molar-refractivity contribution in [2.24, 2.45) is 5.92 Å². The fraction of sp³-hybridized carbons (Fsp3) is 0.545. The molecule has 172 valence electrons. The van der Waals surface area contributed by atoms with Crippen LogP contribution in [0.25, 0.3) is 11.3 Å². The number of pyridine rings is 1. The number of carbonyl (C=O) groups excluding carboxylic acids is 1. The zero-order valence-corrected chi connectivity index (χ0v) is 19.1. The van der Waals surface area contributed by atoms with E-state index in [0.717, 1.165) is 19.4 Å². The second-order valence-electron chi connectivity index (χ2n) is 8.77. The van der Waals surface area contributed by atoms with Crippen molar-refractivity contribution < 1.29 is 14.3 Å². The number of anilines is 2. The lowest BCUT2D eigenvalue weighted by molar-refractivity contribution is -0.177. The second-order valence-corrected chi connectivity index (χ2v) is 9.17. The van der Waals surface area contributed by atoms with Crippen LogP contribution in [0.2, 0.25) is 5.02 Å². The van der Waals surface area contributed by atoms with Crippen LogP contribution >= 0.6 is 11.6 Å². The summed E-state index contributed by atoms with van der Waals surface area (Å²) in [5, 5.41) is 9.83. The van der Waals surface area contributed by atoms with E-state index in [9.17, 15) is 4.79 Å². The van der Waals surface area contributed by atoms with Crippen LogP contribution in [-0.2, 0) is 14.3 Å². The quantitative estimate of drug-likeness (QED) is 0.603. The van der Waals surface area contributed by atoms with Crippen LogP contribution in [0, 0.1) is 5.92 Å². The molecule has 0 unspecified atom stereocenters. The number of piperidine rings is 1. The Bertz CT molecular complexity index is 951. The molecule has 2 aliphatic rings. The van der Waals surface area contributed by atoms with Crippen LogP contribution in [0.15, 0.2) is 24.7 Å². The zero-order valence-electron chi connectivity index (χ0n) is 18.4. The Labute approximate surface area is 192 Å². The van der Waals surface area contributed by atoms with Gasteiger partial charge in [-0.05, 0) is 39.3 Å². The maximum atomic E-state index is 12.6. The first-order valence-electron chi connectivity index (χ1n) is 10.9. The summed E-state index contributed by atoms with van der Waals surface area (Å²) in [5.41, 5.74) is 0.920. The van der Waals surface area contributed by atoms with Crippen molar-refractivity contribution in [2.75, 3.05) is 43.5 Å². The molecule has 2 fully saturated rings. The number of halogens is 1. The third kappa shape index (κ3) is 5.92. The summed E-state index contributed by atoms with van der Waals surface area (Å²) in [4.78, 5) is 25.7. The Morgan fingerprint density at radius 3 is 2.97 bits per heavy atom. The summed E-state index contributed by atoms with van der Waals surface area (Å²) in [6.07, 6.45) is 6.57. The molecule has 0 saturated carbocycles. The normalized spacial score (nSPS) is 22.8. The van der Waals surface area contributed by atoms with E-state index >= 15 is 0 Å². The van der Waals surface area contributed by atoms with Gasteiger partial charge < -0.3 is 25.4 Å². The van der Waals surface area contributed by atoms with Crippen molar-refractivity contribution in [3.05, 3.63) is 29.7 Å². The van der Waals surface area contributed by atoms with Crippen LogP contribution < -0.4 is 16.0 Å². The first kappa shape index (κ1) is 22.8. The second kappa shape index (κ2) is 10.1. The highest BCUT2D eigenvalue weighted by atomic mass is 35.5. The molecular weight excluding hydrogens is 432 g/mol. The Morgan fingerprint density at radius 1 is 1.31 bits per heavy atom. The van der Waals surface area contributed by atoms with Crippen LogP contribution in [0.4, 0.5) is 11.6 Å². The minimum absolute atomic E-state index is 0.0444. The number of hydrogen-bond acceptors (Lipinski definition) is 8. The first-order chi connectivity index (χ1) is 15.4. The topological polar surface area (TPSA) is 110 Å². The molecule has 4 heterocycles. The molecule has 0 aliphatic carbocycles. The third-order valence-electron chi connectivity index (χ3n) is 5.43. The molecule has 0 radical (unpaired) electrons. The van der Waals surface area contributed by atoms with Gasteiger partial charge in [-0.1, -0.05) is 11.6 Å². The van der Waals surface area contributed by atoms with Gasteiger partial charge in [-0.3, -0.25) is 9.78 Å². The minimum Gasteiger partial charge on any atom is -0.376 e. The van der Waals surface area contributed by atoms with Gasteiger partial charge in [0, 0.05) is 24.8 Å². The first-order valence-corrected chi connectivity index (χ1v) is 11.3. The van der Waals surface area contributed by atoms with Crippen LogP contribution in [0.3, 0.4) is 0 Å². The fourth-order valence-electron chi connectivity index (χ4n) is 3.86. The number of aromatic nitrogens is 3. The summed E-state index contributed by atoms with van der Waals surface area (Å²) in [6, 6.07) is 1.73. The molecule has 0 bridgehead atoms. The van der Waals surface area contributed by atoms with Gasteiger partial charge in [0.15, 0.2) is 0 Å². The van der Waals surface area contributed by atoms with Gasteiger partial charge in [0.05, 0.1) is 53.9 Å². The van der Waals surface area contributed by atoms with E-state index in [0.29, 0.717) is 54.2 Å². The number of amides is 1. The van der Waals surface area contributed by atoms with Crippen LogP contribution in [-0.4, -0.2) is 65.4 Å². The lowest BCUT2D eigenvalue weighted by Crippen LogP contribution is -2.45. The van der Waals surface area contributed by atoms with Gasteiger partial charge in [-0.2, -0.15) is 0 Å². The maximum absolute atomic E-state index is 12.6. The predicted octanol–water partition coefficient (Wildman–Crippen LogP) is 2.74. The maximum Gasteiger partial charge on any atom is 0.229 e. The Balaban J connectivity index is 1.43. The zero-order chi connectivity index (χ0) is 22.6. The average molecular weight is 461 g/mol. The summed E-state index contributed by atoms with van der Waals surface area (Å²) >= 11 is 6.39. The van der Waals surface area contributed by atoms with Crippen LogP contribution in [0.1, 0.15) is 26.7 Å². The molecule has 2 saturated heterocycles. The molecule has 2 aromatic rings. The van der Waals surface area contributed by atoms with E-state index in [1.165, 1.54) is 6.20 Å². The largest absolute Gasteiger partial charge is 0.376 e. The predicted molar refractivity (Wildman–Crippen MR) is 123 cm³/mol. The lowest BCUT2D eigenvalue weighted by atomic mass is 9.99. The van der Waals surface area contributed by atoms with Crippen LogP contribution in [0.5, 0.6) is 0 Å². The molecule has 0 spiro atoms. The Hall–Kier alpha value is -2.33. The fourth-order valence-corrected chi connectivity index (χ4v) is 4.06. The number of nitrogens with one attached hydrogen (secondary N) is 3. The summed E-state index contributed by atoms with van der Waals surface area (Å²) < 4.78 is 11.6. The van der Waals surface area contributed by atoms with Crippen molar-refractivity contribution >= 4 is 29.1 Å². The van der Waals surface area contributed by atoms with Crippen molar-refractivity contribution in [3.63, 3.8) is 0 Å². The molecule has 2 aliphatic heterocycles. The highest BCUT2D eigenvalue weighted by Crippen LogP contribution is 2.28. The molecule has 10 heteroatoms. The molecule has 32 heavy (non-hydrogen) atoms. The number of ether oxygens (including phenoxy) is 2. The van der Waals surface area contributed by atoms with Gasteiger partial charge >= 0.3 is 0 Å². The number of nitrogens with zero attached hydrogens (tertiary/aromatic N) is 3. The van der Waals surface area contributed by atoms with E-state index in [-0.39, 0.29) is 23.5 Å². The highest BCUT2D eigenvalue weighted by Gasteiger charge is 2.29. The average Bonchev–Trinajstić information content (AvgIpc) is 2.79. The van der Waals surface area contributed by atoms with Crippen molar-refractivity contribution in [3.8, 4) is 11.3 Å². The summed E-state index contributed by atoms with van der Waals surface area (Å²) in [6.45, 7) is 7.29. The Kier molecular flexibility index (Phi) is 7.20. The molecular formula is C22H29ClN6O3. The lowest BCUT2D eigenvalue weighted by Gasteiger charge is -2.35.